The Morgan fingerprint density at radius 3 is 2.68 bits per heavy atom. The molecule has 4 heteroatoms. The van der Waals surface area contributed by atoms with Crippen LogP contribution in [-0.4, -0.2) is 20.9 Å². The van der Waals surface area contributed by atoms with E-state index in [2.05, 4.69) is 41.5 Å². The Bertz CT molecular complexity index is 849. The number of fused-ring (bicyclic) bond motifs is 1. The maximum Gasteiger partial charge on any atom is 0.303 e. The first-order chi connectivity index (χ1) is 10.5. The van der Waals surface area contributed by atoms with Gasteiger partial charge in [-0.15, -0.1) is 0 Å². The second-order valence-corrected chi connectivity index (χ2v) is 5.58. The van der Waals surface area contributed by atoms with E-state index in [-0.39, 0.29) is 6.42 Å². The van der Waals surface area contributed by atoms with Gasteiger partial charge in [0.05, 0.1) is 11.7 Å². The van der Waals surface area contributed by atoms with Crippen molar-refractivity contribution in [1.82, 2.24) is 9.78 Å². The molecule has 4 nitrogen and oxygen atoms in total. The fourth-order valence-electron chi connectivity index (χ4n) is 2.71. The lowest BCUT2D eigenvalue weighted by Crippen LogP contribution is -1.99. The van der Waals surface area contributed by atoms with Gasteiger partial charge in [-0.05, 0) is 47.7 Å². The van der Waals surface area contributed by atoms with Crippen LogP contribution in [0.4, 0.5) is 0 Å². The summed E-state index contributed by atoms with van der Waals surface area (Å²) in [6, 6.07) is 12.5. The van der Waals surface area contributed by atoms with E-state index in [1.165, 1.54) is 0 Å². The first-order valence-corrected chi connectivity index (χ1v) is 7.28. The molecule has 2 aromatic carbocycles. The van der Waals surface area contributed by atoms with Gasteiger partial charge in [-0.3, -0.25) is 9.48 Å². The lowest BCUT2D eigenvalue weighted by atomic mass is 9.96. The monoisotopic (exact) mass is 294 g/mol. The third-order valence-corrected chi connectivity index (χ3v) is 4.04. The Balaban J connectivity index is 1.98. The van der Waals surface area contributed by atoms with Crippen molar-refractivity contribution in [3.63, 3.8) is 0 Å². The van der Waals surface area contributed by atoms with Gasteiger partial charge in [0.1, 0.15) is 0 Å². The molecule has 0 atom stereocenters. The largest absolute Gasteiger partial charge is 0.481 e. The molecular formula is C18H18N2O2. The van der Waals surface area contributed by atoms with E-state index in [1.807, 2.05) is 24.9 Å². The summed E-state index contributed by atoms with van der Waals surface area (Å²) in [6.45, 7) is 2.02. The molecule has 1 N–H and O–H groups in total. The Morgan fingerprint density at radius 1 is 1.18 bits per heavy atom. The zero-order chi connectivity index (χ0) is 15.7. The van der Waals surface area contributed by atoms with Crippen molar-refractivity contribution in [1.29, 1.82) is 0 Å². The van der Waals surface area contributed by atoms with Crippen molar-refractivity contribution in [3.05, 3.63) is 53.7 Å². The summed E-state index contributed by atoms with van der Waals surface area (Å²) < 4.78 is 1.85. The number of carboxylic acid groups (broad SMARTS) is 1. The quantitative estimate of drug-likeness (QED) is 0.800. The maximum absolute atomic E-state index is 10.8. The van der Waals surface area contributed by atoms with Crippen LogP contribution in [0.25, 0.3) is 22.0 Å². The molecule has 0 aliphatic rings. The number of hydrogen-bond donors (Lipinski definition) is 1. The van der Waals surface area contributed by atoms with Gasteiger partial charge in [-0.2, -0.15) is 5.10 Å². The molecular weight excluding hydrogens is 276 g/mol. The fourth-order valence-corrected chi connectivity index (χ4v) is 2.71. The van der Waals surface area contributed by atoms with Crippen LogP contribution in [0.1, 0.15) is 17.5 Å². The van der Waals surface area contributed by atoms with Gasteiger partial charge in [-0.25, -0.2) is 0 Å². The van der Waals surface area contributed by atoms with Crippen molar-refractivity contribution >= 4 is 16.9 Å². The normalized spacial score (nSPS) is 11.0. The van der Waals surface area contributed by atoms with E-state index in [1.54, 1.807) is 0 Å². The van der Waals surface area contributed by atoms with Gasteiger partial charge in [0, 0.05) is 18.9 Å². The van der Waals surface area contributed by atoms with Crippen LogP contribution in [-0.2, 0) is 18.3 Å². The van der Waals surface area contributed by atoms with Crippen LogP contribution in [0, 0.1) is 6.92 Å². The third-order valence-electron chi connectivity index (χ3n) is 4.04. The predicted molar refractivity (Wildman–Crippen MR) is 86.8 cm³/mol. The Kier molecular flexibility index (Phi) is 3.67. The molecule has 3 aromatic rings. The zero-order valence-corrected chi connectivity index (χ0v) is 12.7. The Hall–Kier alpha value is -2.62. The molecule has 1 aromatic heterocycles. The van der Waals surface area contributed by atoms with Crippen LogP contribution in [0.3, 0.4) is 0 Å². The lowest BCUT2D eigenvalue weighted by Gasteiger charge is -2.09. The molecule has 112 valence electrons. The van der Waals surface area contributed by atoms with E-state index < -0.39 is 5.97 Å². The molecule has 0 aliphatic heterocycles. The second-order valence-electron chi connectivity index (χ2n) is 5.58. The summed E-state index contributed by atoms with van der Waals surface area (Å²) >= 11 is 0. The molecule has 0 saturated carbocycles. The average Bonchev–Trinajstić information content (AvgIpc) is 2.87. The van der Waals surface area contributed by atoms with E-state index >= 15 is 0 Å². The fraction of sp³-hybridized carbons (Fsp3) is 0.222. The molecule has 22 heavy (non-hydrogen) atoms. The standard InChI is InChI=1S/C18H18N2O2/c1-12-3-4-14(9-13(12)6-8-18(21)22)15-5-7-17-16(10-15)11-19-20(17)2/h3-5,7,9-11H,6,8H2,1-2H3,(H,21,22). The number of rotatable bonds is 4. The van der Waals surface area contributed by atoms with E-state index in [9.17, 15) is 4.79 Å². The summed E-state index contributed by atoms with van der Waals surface area (Å²) in [7, 11) is 1.93. The number of hydrogen-bond acceptors (Lipinski definition) is 2. The highest BCUT2D eigenvalue weighted by Gasteiger charge is 2.07. The summed E-state index contributed by atoms with van der Waals surface area (Å²) in [5.74, 6) is -0.762. The molecule has 0 fully saturated rings. The number of carbonyl (C=O) groups is 1. The van der Waals surface area contributed by atoms with Crippen molar-refractivity contribution in [2.24, 2.45) is 7.05 Å². The van der Waals surface area contributed by atoms with Crippen LogP contribution in [0.2, 0.25) is 0 Å². The summed E-state index contributed by atoms with van der Waals surface area (Å²) in [5, 5.41) is 14.2. The Labute approximate surface area is 129 Å². The SMILES string of the molecule is Cc1ccc(-c2ccc3c(cnn3C)c2)cc1CCC(=O)O. The molecule has 0 unspecified atom stereocenters. The first kappa shape index (κ1) is 14.3. The number of aliphatic carboxylic acids is 1. The van der Waals surface area contributed by atoms with Gasteiger partial charge in [-0.1, -0.05) is 24.3 Å². The molecule has 0 aliphatic carbocycles. The van der Waals surface area contributed by atoms with Crippen LogP contribution in [0.15, 0.2) is 42.6 Å². The summed E-state index contributed by atoms with van der Waals surface area (Å²) in [6.07, 6.45) is 2.58. The molecule has 3 rings (SSSR count). The molecule has 0 spiro atoms. The number of benzene rings is 2. The van der Waals surface area contributed by atoms with Crippen molar-refractivity contribution in [2.75, 3.05) is 0 Å². The highest BCUT2D eigenvalue weighted by atomic mass is 16.4. The highest BCUT2D eigenvalue weighted by molar-refractivity contribution is 5.84. The zero-order valence-electron chi connectivity index (χ0n) is 12.7. The third kappa shape index (κ3) is 2.72. The second kappa shape index (κ2) is 5.64. The smallest absolute Gasteiger partial charge is 0.303 e. The number of nitrogens with zero attached hydrogens (tertiary/aromatic N) is 2. The lowest BCUT2D eigenvalue weighted by molar-refractivity contribution is -0.136. The minimum atomic E-state index is -0.762. The van der Waals surface area contributed by atoms with E-state index in [0.29, 0.717) is 6.42 Å². The number of aromatic nitrogens is 2. The number of aryl methyl sites for hydroxylation is 3. The van der Waals surface area contributed by atoms with Crippen LogP contribution >= 0.6 is 0 Å². The maximum atomic E-state index is 10.8. The van der Waals surface area contributed by atoms with Crippen LogP contribution in [0.5, 0.6) is 0 Å². The molecule has 0 bridgehead atoms. The average molecular weight is 294 g/mol. The highest BCUT2D eigenvalue weighted by Crippen LogP contribution is 2.26. The van der Waals surface area contributed by atoms with Gasteiger partial charge >= 0.3 is 5.97 Å². The minimum absolute atomic E-state index is 0.159. The van der Waals surface area contributed by atoms with E-state index in [0.717, 1.165) is 33.2 Å². The molecule has 0 radical (unpaired) electrons. The van der Waals surface area contributed by atoms with Crippen molar-refractivity contribution < 1.29 is 9.90 Å². The minimum Gasteiger partial charge on any atom is -0.481 e. The summed E-state index contributed by atoms with van der Waals surface area (Å²) in [5.41, 5.74) is 5.55. The predicted octanol–water partition coefficient (Wildman–Crippen LogP) is 3.57. The molecule has 1 heterocycles. The van der Waals surface area contributed by atoms with Gasteiger partial charge < -0.3 is 5.11 Å². The van der Waals surface area contributed by atoms with Crippen LogP contribution < -0.4 is 0 Å². The Morgan fingerprint density at radius 2 is 1.91 bits per heavy atom. The summed E-state index contributed by atoms with van der Waals surface area (Å²) in [4.78, 5) is 10.8. The molecule has 0 saturated heterocycles. The topological polar surface area (TPSA) is 55.1 Å². The van der Waals surface area contributed by atoms with Gasteiger partial charge in [0.2, 0.25) is 0 Å². The van der Waals surface area contributed by atoms with Crippen molar-refractivity contribution in [3.8, 4) is 11.1 Å². The van der Waals surface area contributed by atoms with E-state index in [4.69, 9.17) is 5.11 Å². The van der Waals surface area contributed by atoms with Gasteiger partial charge in [0.15, 0.2) is 0 Å². The first-order valence-electron chi connectivity index (χ1n) is 7.28. The van der Waals surface area contributed by atoms with Gasteiger partial charge in [0.25, 0.3) is 0 Å². The van der Waals surface area contributed by atoms with Crippen molar-refractivity contribution in [2.45, 2.75) is 19.8 Å². The molecule has 0 amide bonds. The number of carboxylic acids is 1.